The molecule has 1 aliphatic rings. The summed E-state index contributed by atoms with van der Waals surface area (Å²) in [5.41, 5.74) is 4.23. The summed E-state index contributed by atoms with van der Waals surface area (Å²) in [4.78, 5) is 0. The van der Waals surface area contributed by atoms with E-state index in [0.717, 1.165) is 6.61 Å². The topological polar surface area (TPSA) is 29.5 Å². The minimum atomic E-state index is 0.0549. The molecule has 1 saturated carbocycles. The first-order valence-electron chi connectivity index (χ1n) is 8.11. The fourth-order valence-corrected chi connectivity index (χ4v) is 3.57. The number of hydrogen-bond donors (Lipinski definition) is 1. The van der Waals surface area contributed by atoms with E-state index in [0.29, 0.717) is 23.7 Å². The molecular weight excluding hydrogens is 260 g/mol. The largest absolute Gasteiger partial charge is 0.396 e. The van der Waals surface area contributed by atoms with Crippen molar-refractivity contribution in [3.05, 3.63) is 34.9 Å². The Morgan fingerprint density at radius 3 is 1.95 bits per heavy atom. The quantitative estimate of drug-likeness (QED) is 0.855. The molecule has 118 valence electrons. The van der Waals surface area contributed by atoms with E-state index in [4.69, 9.17) is 4.74 Å². The van der Waals surface area contributed by atoms with Crippen molar-refractivity contribution in [1.82, 2.24) is 0 Å². The molecule has 3 atom stereocenters. The fourth-order valence-electron chi connectivity index (χ4n) is 3.57. The van der Waals surface area contributed by atoms with Gasteiger partial charge in [0, 0.05) is 19.1 Å². The van der Waals surface area contributed by atoms with Crippen molar-refractivity contribution < 1.29 is 9.84 Å². The van der Waals surface area contributed by atoms with Gasteiger partial charge in [0.15, 0.2) is 0 Å². The van der Waals surface area contributed by atoms with Gasteiger partial charge in [0.05, 0.1) is 6.61 Å². The molecule has 0 aromatic heterocycles. The van der Waals surface area contributed by atoms with Gasteiger partial charge >= 0.3 is 0 Å². The van der Waals surface area contributed by atoms with E-state index in [9.17, 15) is 5.11 Å². The molecule has 1 aromatic carbocycles. The maximum atomic E-state index is 9.70. The normalized spacial score (nSPS) is 28.4. The maximum Gasteiger partial charge on any atom is 0.0502 e. The molecule has 1 fully saturated rings. The number of aliphatic hydroxyl groups is 1. The molecule has 1 aromatic rings. The highest BCUT2D eigenvalue weighted by molar-refractivity contribution is 5.43. The van der Waals surface area contributed by atoms with Gasteiger partial charge in [-0.2, -0.15) is 0 Å². The van der Waals surface area contributed by atoms with Crippen LogP contribution in [0.2, 0.25) is 0 Å². The van der Waals surface area contributed by atoms with Crippen molar-refractivity contribution in [1.29, 1.82) is 0 Å². The lowest BCUT2D eigenvalue weighted by Gasteiger charge is -2.19. The molecule has 0 bridgehead atoms. The van der Waals surface area contributed by atoms with Gasteiger partial charge in [-0.25, -0.2) is 0 Å². The number of ether oxygens (including phenoxy) is 1. The van der Waals surface area contributed by atoms with Crippen LogP contribution in [0.5, 0.6) is 0 Å². The Bertz CT molecular complexity index is 466. The molecule has 0 radical (unpaired) electrons. The minimum Gasteiger partial charge on any atom is -0.396 e. The maximum absolute atomic E-state index is 9.70. The highest BCUT2D eigenvalue weighted by Crippen LogP contribution is 2.60. The van der Waals surface area contributed by atoms with Crippen LogP contribution in [0.3, 0.4) is 0 Å². The Labute approximate surface area is 129 Å². The van der Waals surface area contributed by atoms with Crippen LogP contribution >= 0.6 is 0 Å². The number of hydrogen-bond acceptors (Lipinski definition) is 2. The second-order valence-electron chi connectivity index (χ2n) is 7.33. The predicted octanol–water partition coefficient (Wildman–Crippen LogP) is 4.08. The summed E-state index contributed by atoms with van der Waals surface area (Å²) in [6, 6.07) is 7.02. The van der Waals surface area contributed by atoms with Crippen molar-refractivity contribution in [2.45, 2.75) is 51.9 Å². The van der Waals surface area contributed by atoms with Crippen molar-refractivity contribution >= 4 is 0 Å². The molecule has 0 heterocycles. The van der Waals surface area contributed by atoms with E-state index < -0.39 is 0 Å². The van der Waals surface area contributed by atoms with Crippen LogP contribution in [-0.4, -0.2) is 25.4 Å². The summed E-state index contributed by atoms with van der Waals surface area (Å²) in [7, 11) is 1.75. The van der Waals surface area contributed by atoms with E-state index in [-0.39, 0.29) is 12.0 Å². The Balaban J connectivity index is 2.43. The second kappa shape index (κ2) is 6.10. The first-order chi connectivity index (χ1) is 9.86. The van der Waals surface area contributed by atoms with Crippen LogP contribution in [0.1, 0.15) is 63.1 Å². The van der Waals surface area contributed by atoms with Crippen LogP contribution in [0.4, 0.5) is 0 Å². The number of benzene rings is 1. The van der Waals surface area contributed by atoms with Crippen LogP contribution in [-0.2, 0) is 10.2 Å². The number of aliphatic hydroxyl groups excluding tert-OH is 1. The third-order valence-electron chi connectivity index (χ3n) is 5.39. The van der Waals surface area contributed by atoms with Crippen LogP contribution in [0, 0.1) is 11.8 Å². The molecule has 1 aliphatic carbocycles. The van der Waals surface area contributed by atoms with E-state index >= 15 is 0 Å². The molecule has 0 amide bonds. The third kappa shape index (κ3) is 2.89. The van der Waals surface area contributed by atoms with Gasteiger partial charge in [-0.05, 0) is 40.4 Å². The Hall–Kier alpha value is -0.860. The SMILES string of the molecule is COC[C@@H]1C(CO)[C@@]1(C)c1cc(C(C)C)cc(C(C)C)c1. The summed E-state index contributed by atoms with van der Waals surface area (Å²) in [5.74, 6) is 1.80. The Morgan fingerprint density at radius 2 is 1.57 bits per heavy atom. The molecule has 0 aliphatic heterocycles. The van der Waals surface area contributed by atoms with Gasteiger partial charge in [0.1, 0.15) is 0 Å². The van der Waals surface area contributed by atoms with E-state index in [1.165, 1.54) is 16.7 Å². The van der Waals surface area contributed by atoms with Gasteiger partial charge in [0.2, 0.25) is 0 Å². The lowest BCUT2D eigenvalue weighted by Crippen LogP contribution is -2.11. The summed E-state index contributed by atoms with van der Waals surface area (Å²) in [5, 5.41) is 9.70. The Kier molecular flexibility index (Phi) is 4.79. The summed E-state index contributed by atoms with van der Waals surface area (Å²) in [6.07, 6.45) is 0. The molecule has 0 saturated heterocycles. The number of rotatable bonds is 6. The molecule has 1 unspecified atom stereocenters. The zero-order valence-corrected chi connectivity index (χ0v) is 14.3. The summed E-state index contributed by atoms with van der Waals surface area (Å²) >= 11 is 0. The average molecular weight is 290 g/mol. The lowest BCUT2D eigenvalue weighted by molar-refractivity contribution is 0.169. The average Bonchev–Trinajstić information content (AvgIpc) is 3.03. The van der Waals surface area contributed by atoms with Crippen LogP contribution < -0.4 is 0 Å². The van der Waals surface area contributed by atoms with Crippen molar-refractivity contribution in [2.24, 2.45) is 11.8 Å². The van der Waals surface area contributed by atoms with Gasteiger partial charge < -0.3 is 9.84 Å². The van der Waals surface area contributed by atoms with Crippen LogP contribution in [0.15, 0.2) is 18.2 Å². The molecular formula is C19H30O2. The van der Waals surface area contributed by atoms with Crippen molar-refractivity contribution in [3.63, 3.8) is 0 Å². The highest BCUT2D eigenvalue weighted by atomic mass is 16.5. The fraction of sp³-hybridized carbons (Fsp3) is 0.684. The standard InChI is InChI=1S/C19H30O2/c1-12(2)14-7-15(13(3)4)9-16(8-14)19(5)17(10-20)18(19)11-21-6/h7-9,12-13,17-18,20H,10-11H2,1-6H3/t17?,18-,19-/m1/s1. The van der Waals surface area contributed by atoms with Crippen molar-refractivity contribution in [2.75, 3.05) is 20.3 Å². The first-order valence-corrected chi connectivity index (χ1v) is 8.11. The monoisotopic (exact) mass is 290 g/mol. The molecule has 21 heavy (non-hydrogen) atoms. The van der Waals surface area contributed by atoms with Gasteiger partial charge in [0.25, 0.3) is 0 Å². The zero-order valence-electron chi connectivity index (χ0n) is 14.3. The second-order valence-corrected chi connectivity index (χ2v) is 7.33. The molecule has 1 N–H and O–H groups in total. The van der Waals surface area contributed by atoms with Crippen molar-refractivity contribution in [3.8, 4) is 0 Å². The highest BCUT2D eigenvalue weighted by Gasteiger charge is 2.61. The van der Waals surface area contributed by atoms with E-state index in [1.54, 1.807) is 7.11 Å². The zero-order chi connectivity index (χ0) is 15.8. The summed E-state index contributed by atoms with van der Waals surface area (Å²) < 4.78 is 5.36. The Morgan fingerprint density at radius 1 is 1.05 bits per heavy atom. The smallest absolute Gasteiger partial charge is 0.0502 e. The molecule has 0 spiro atoms. The molecule has 2 heteroatoms. The molecule has 2 rings (SSSR count). The molecule has 2 nitrogen and oxygen atoms in total. The third-order valence-corrected chi connectivity index (χ3v) is 5.39. The van der Waals surface area contributed by atoms with Crippen LogP contribution in [0.25, 0.3) is 0 Å². The van der Waals surface area contributed by atoms with Gasteiger partial charge in [-0.1, -0.05) is 52.8 Å². The van der Waals surface area contributed by atoms with E-state index in [2.05, 4.69) is 52.8 Å². The minimum absolute atomic E-state index is 0.0549. The van der Waals surface area contributed by atoms with Gasteiger partial charge in [-0.3, -0.25) is 0 Å². The van der Waals surface area contributed by atoms with E-state index in [1.807, 2.05) is 0 Å². The predicted molar refractivity (Wildman–Crippen MR) is 87.9 cm³/mol. The first kappa shape index (κ1) is 16.5. The number of methoxy groups -OCH3 is 1. The lowest BCUT2D eigenvalue weighted by atomic mass is 9.86. The van der Waals surface area contributed by atoms with Gasteiger partial charge in [-0.15, -0.1) is 0 Å². The summed E-state index contributed by atoms with van der Waals surface area (Å²) in [6.45, 7) is 12.2.